The van der Waals surface area contributed by atoms with Crippen LogP contribution in [0.2, 0.25) is 0 Å². The van der Waals surface area contributed by atoms with Crippen LogP contribution in [0.3, 0.4) is 0 Å². The molecule has 1 rings (SSSR count). The first-order valence-corrected chi connectivity index (χ1v) is 8.59. The number of benzene rings is 1. The number of hydrogen-bond donors (Lipinski definition) is 1. The highest BCUT2D eigenvalue weighted by Crippen LogP contribution is 2.46. The molecule has 0 saturated heterocycles. The van der Waals surface area contributed by atoms with Crippen LogP contribution in [0.1, 0.15) is 83.2 Å². The predicted molar refractivity (Wildman–Crippen MR) is 100 cm³/mol. The maximum Gasteiger partial charge on any atom is 0.347 e. The van der Waals surface area contributed by atoms with Crippen LogP contribution in [-0.2, 0) is 15.6 Å². The lowest BCUT2D eigenvalue weighted by molar-refractivity contribution is -0.152. The number of rotatable bonds is 3. The van der Waals surface area contributed by atoms with Crippen molar-refractivity contribution in [3.8, 4) is 5.75 Å². The highest BCUT2D eigenvalue weighted by molar-refractivity contribution is 5.77. The normalized spacial score (nSPS) is 13.1. The van der Waals surface area contributed by atoms with Gasteiger partial charge in [0.05, 0.1) is 0 Å². The molecule has 3 nitrogen and oxygen atoms in total. The molecule has 0 amide bonds. The Labute approximate surface area is 147 Å². The van der Waals surface area contributed by atoms with Gasteiger partial charge in [0.25, 0.3) is 0 Å². The zero-order valence-corrected chi connectivity index (χ0v) is 17.3. The molecule has 0 bridgehead atoms. The number of carboxylic acid groups (broad SMARTS) is 1. The molecule has 1 N–H and O–H groups in total. The lowest BCUT2D eigenvalue weighted by Gasteiger charge is -2.36. The number of aliphatic carboxylic acids is 1. The van der Waals surface area contributed by atoms with Crippen molar-refractivity contribution in [2.75, 3.05) is 0 Å². The summed E-state index contributed by atoms with van der Waals surface area (Å²) in [6, 6.07) is 0. The van der Waals surface area contributed by atoms with Gasteiger partial charge >= 0.3 is 5.97 Å². The summed E-state index contributed by atoms with van der Waals surface area (Å²) in [5.41, 5.74) is 4.25. The van der Waals surface area contributed by atoms with E-state index in [4.69, 9.17) is 4.74 Å². The Morgan fingerprint density at radius 2 is 1.08 bits per heavy atom. The van der Waals surface area contributed by atoms with E-state index in [0.717, 1.165) is 16.9 Å². The largest absolute Gasteiger partial charge is 0.478 e. The second kappa shape index (κ2) is 6.09. The van der Waals surface area contributed by atoms with Gasteiger partial charge in [0.2, 0.25) is 0 Å². The van der Waals surface area contributed by atoms with Gasteiger partial charge in [0.15, 0.2) is 5.60 Å². The van der Waals surface area contributed by atoms with Gasteiger partial charge in [0, 0.05) is 11.1 Å². The second-order valence-electron chi connectivity index (χ2n) is 9.37. The van der Waals surface area contributed by atoms with Gasteiger partial charge in [-0.25, -0.2) is 4.79 Å². The third kappa shape index (κ3) is 3.76. The maximum absolute atomic E-state index is 11.7. The summed E-state index contributed by atoms with van der Waals surface area (Å²) >= 11 is 0. The zero-order valence-electron chi connectivity index (χ0n) is 17.3. The van der Waals surface area contributed by atoms with Gasteiger partial charge in [-0.15, -0.1) is 0 Å². The fourth-order valence-corrected chi connectivity index (χ4v) is 3.33. The molecule has 0 aromatic heterocycles. The van der Waals surface area contributed by atoms with Gasteiger partial charge in [-0.05, 0) is 62.1 Å². The SMILES string of the molecule is Cc1c(C)c(C(C)(C)C)c(OC(C)(C)C(=O)O)c(C(C)(C)C)c1C. The summed E-state index contributed by atoms with van der Waals surface area (Å²) in [7, 11) is 0. The number of carbonyl (C=O) groups is 1. The van der Waals surface area contributed by atoms with Gasteiger partial charge in [-0.2, -0.15) is 0 Å². The molecule has 0 aliphatic heterocycles. The highest BCUT2D eigenvalue weighted by atomic mass is 16.5. The van der Waals surface area contributed by atoms with Crippen LogP contribution in [0.5, 0.6) is 5.75 Å². The number of ether oxygens (including phenoxy) is 1. The van der Waals surface area contributed by atoms with E-state index in [1.54, 1.807) is 13.8 Å². The first-order valence-electron chi connectivity index (χ1n) is 8.59. The third-order valence-electron chi connectivity index (χ3n) is 4.70. The standard InChI is InChI=1S/C21H34O3/c1-12-13(2)15(19(4,5)6)17(24-21(10,11)18(22)23)16(14(12)3)20(7,8)9/h1-11H3,(H,22,23). The molecular weight excluding hydrogens is 300 g/mol. The van der Waals surface area contributed by atoms with Crippen LogP contribution in [-0.4, -0.2) is 16.7 Å². The minimum Gasteiger partial charge on any atom is -0.478 e. The number of hydrogen-bond acceptors (Lipinski definition) is 2. The molecule has 1 aromatic rings. The quantitative estimate of drug-likeness (QED) is 0.799. The first-order chi connectivity index (χ1) is 10.5. The monoisotopic (exact) mass is 334 g/mol. The van der Waals surface area contributed by atoms with Gasteiger partial charge in [-0.3, -0.25) is 0 Å². The predicted octanol–water partition coefficient (Wildman–Crippen LogP) is 5.45. The smallest absolute Gasteiger partial charge is 0.347 e. The minimum absolute atomic E-state index is 0.146. The molecule has 1 aromatic carbocycles. The Kier molecular flexibility index (Phi) is 5.21. The van der Waals surface area contributed by atoms with E-state index in [-0.39, 0.29) is 10.8 Å². The molecule has 0 unspecified atom stereocenters. The summed E-state index contributed by atoms with van der Waals surface area (Å²) < 4.78 is 6.20. The van der Waals surface area contributed by atoms with Crippen molar-refractivity contribution in [3.05, 3.63) is 27.8 Å². The van der Waals surface area contributed by atoms with E-state index in [2.05, 4.69) is 62.3 Å². The molecule has 0 radical (unpaired) electrons. The molecule has 0 spiro atoms. The summed E-state index contributed by atoms with van der Waals surface area (Å²) in [4.78, 5) is 11.7. The van der Waals surface area contributed by atoms with Gasteiger partial charge < -0.3 is 9.84 Å². The van der Waals surface area contributed by atoms with Crippen LogP contribution in [0.15, 0.2) is 0 Å². The molecule has 0 saturated carbocycles. The van der Waals surface area contributed by atoms with E-state index in [1.807, 2.05) is 0 Å². The van der Waals surface area contributed by atoms with Crippen molar-refractivity contribution in [2.45, 2.75) is 92.6 Å². The van der Waals surface area contributed by atoms with Crippen molar-refractivity contribution >= 4 is 5.97 Å². The van der Waals surface area contributed by atoms with Crippen molar-refractivity contribution in [2.24, 2.45) is 0 Å². The summed E-state index contributed by atoms with van der Waals surface area (Å²) in [5, 5.41) is 9.56. The van der Waals surface area contributed by atoms with Crippen molar-refractivity contribution in [1.29, 1.82) is 0 Å². The van der Waals surface area contributed by atoms with Crippen molar-refractivity contribution < 1.29 is 14.6 Å². The highest BCUT2D eigenvalue weighted by Gasteiger charge is 2.37. The van der Waals surface area contributed by atoms with Crippen molar-refractivity contribution in [1.82, 2.24) is 0 Å². The maximum atomic E-state index is 11.7. The van der Waals surface area contributed by atoms with E-state index in [9.17, 15) is 9.90 Å². The fourth-order valence-electron chi connectivity index (χ4n) is 3.33. The Bertz CT molecular complexity index is 612. The molecule has 0 aliphatic carbocycles. The van der Waals surface area contributed by atoms with Gasteiger partial charge in [0.1, 0.15) is 5.75 Å². The van der Waals surface area contributed by atoms with E-state index >= 15 is 0 Å². The van der Waals surface area contributed by atoms with Crippen molar-refractivity contribution in [3.63, 3.8) is 0 Å². The molecule has 0 heterocycles. The minimum atomic E-state index is -1.28. The lowest BCUT2D eigenvalue weighted by Crippen LogP contribution is -2.39. The Hall–Kier alpha value is -1.51. The Morgan fingerprint density at radius 3 is 1.33 bits per heavy atom. The van der Waals surface area contributed by atoms with Crippen LogP contribution in [0.4, 0.5) is 0 Å². The van der Waals surface area contributed by atoms with Crippen LogP contribution < -0.4 is 4.74 Å². The molecule has 0 fully saturated rings. The van der Waals surface area contributed by atoms with Crippen LogP contribution in [0, 0.1) is 20.8 Å². The summed E-state index contributed by atoms with van der Waals surface area (Å²) in [5.74, 6) is -0.221. The zero-order chi connectivity index (χ0) is 19.2. The van der Waals surface area contributed by atoms with Crippen LogP contribution >= 0.6 is 0 Å². The Morgan fingerprint density at radius 1 is 0.750 bits per heavy atom. The summed E-state index contributed by atoms with van der Waals surface area (Å²) in [6.07, 6.45) is 0. The second-order valence-corrected chi connectivity index (χ2v) is 9.37. The molecule has 24 heavy (non-hydrogen) atoms. The average Bonchev–Trinajstić information content (AvgIpc) is 2.32. The summed E-state index contributed by atoms with van der Waals surface area (Å²) in [6.45, 7) is 22.5. The molecule has 0 aliphatic rings. The molecular formula is C21H34O3. The topological polar surface area (TPSA) is 46.5 Å². The molecule has 0 atom stereocenters. The molecule has 3 heteroatoms. The number of carboxylic acids is 1. The first kappa shape index (κ1) is 20.5. The average molecular weight is 335 g/mol. The lowest BCUT2D eigenvalue weighted by atomic mass is 9.73. The van der Waals surface area contributed by atoms with Crippen LogP contribution in [0.25, 0.3) is 0 Å². The van der Waals surface area contributed by atoms with E-state index in [0.29, 0.717) is 0 Å². The molecule has 136 valence electrons. The van der Waals surface area contributed by atoms with Gasteiger partial charge in [-0.1, -0.05) is 41.5 Å². The van der Waals surface area contributed by atoms with E-state index < -0.39 is 11.6 Å². The third-order valence-corrected chi connectivity index (χ3v) is 4.70. The Balaban J connectivity index is 3.97. The van der Waals surface area contributed by atoms with E-state index in [1.165, 1.54) is 16.7 Å². The fraction of sp³-hybridized carbons (Fsp3) is 0.667.